The maximum absolute atomic E-state index is 12.8. The van der Waals surface area contributed by atoms with Crippen molar-refractivity contribution in [3.63, 3.8) is 0 Å². The Bertz CT molecular complexity index is 433. The van der Waals surface area contributed by atoms with Crippen molar-refractivity contribution in [3.05, 3.63) is 29.8 Å². The van der Waals surface area contributed by atoms with E-state index >= 15 is 0 Å². The van der Waals surface area contributed by atoms with Crippen molar-refractivity contribution >= 4 is 5.69 Å². The summed E-state index contributed by atoms with van der Waals surface area (Å²) in [5.74, 6) is -4.81. The summed E-state index contributed by atoms with van der Waals surface area (Å²) in [6.07, 6.45) is -5.27. The third kappa shape index (κ3) is 3.39. The van der Waals surface area contributed by atoms with Gasteiger partial charge in [-0.25, -0.2) is 0 Å². The first kappa shape index (κ1) is 15.0. The van der Waals surface area contributed by atoms with Crippen LogP contribution in [0.1, 0.15) is 12.0 Å². The normalized spacial score (nSPS) is 19.9. The molecule has 1 atom stereocenters. The largest absolute Gasteiger partial charge is 0.455 e. The number of alkyl halides is 5. The highest BCUT2D eigenvalue weighted by Crippen LogP contribution is 2.36. The zero-order chi connectivity index (χ0) is 14.8. The van der Waals surface area contributed by atoms with Crippen molar-refractivity contribution in [2.45, 2.75) is 31.0 Å². The second kappa shape index (κ2) is 5.55. The molecule has 2 rings (SSSR count). The van der Waals surface area contributed by atoms with Crippen molar-refractivity contribution in [1.29, 1.82) is 0 Å². The minimum absolute atomic E-state index is 0.213. The summed E-state index contributed by atoms with van der Waals surface area (Å²) in [5, 5.41) is 3.00. The fourth-order valence-electron chi connectivity index (χ4n) is 2.00. The molecule has 112 valence electrons. The Morgan fingerprint density at radius 2 is 1.85 bits per heavy atom. The summed E-state index contributed by atoms with van der Waals surface area (Å²) in [7, 11) is 0. The van der Waals surface area contributed by atoms with Crippen LogP contribution >= 0.6 is 0 Å². The number of aryl methyl sites for hydroxylation is 1. The molecule has 1 aliphatic heterocycles. The fraction of sp³-hybridized carbons (Fsp3) is 0.538. The third-order valence-corrected chi connectivity index (χ3v) is 3.19. The lowest BCUT2D eigenvalue weighted by atomic mass is 10.1. The quantitative estimate of drug-likeness (QED) is 0.860. The Labute approximate surface area is 112 Å². The summed E-state index contributed by atoms with van der Waals surface area (Å²) >= 11 is 0. The maximum atomic E-state index is 12.8. The van der Waals surface area contributed by atoms with Crippen molar-refractivity contribution < 1.29 is 26.7 Å². The predicted octanol–water partition coefficient (Wildman–Crippen LogP) is 3.63. The first-order valence-electron chi connectivity index (χ1n) is 6.17. The van der Waals surface area contributed by atoms with Crippen LogP contribution in [0.2, 0.25) is 0 Å². The average Bonchev–Trinajstić information content (AvgIpc) is 2.57. The minimum atomic E-state index is -5.58. The molecule has 0 fully saturated rings. The number of rotatable bonds is 3. The van der Waals surface area contributed by atoms with Gasteiger partial charge in [0.05, 0.1) is 6.10 Å². The van der Waals surface area contributed by atoms with Gasteiger partial charge in [-0.05, 0) is 24.5 Å². The van der Waals surface area contributed by atoms with Crippen LogP contribution in [-0.2, 0) is 11.2 Å². The maximum Gasteiger partial charge on any atom is 0.455 e. The molecule has 0 radical (unpaired) electrons. The van der Waals surface area contributed by atoms with Gasteiger partial charge in [-0.15, -0.1) is 0 Å². The molecule has 0 spiro atoms. The van der Waals surface area contributed by atoms with E-state index in [1.807, 2.05) is 24.3 Å². The number of fused-ring (bicyclic) bond motifs is 1. The molecule has 0 aromatic heterocycles. The summed E-state index contributed by atoms with van der Waals surface area (Å²) in [6, 6.07) is 7.39. The highest BCUT2D eigenvalue weighted by molar-refractivity contribution is 5.51. The molecule has 1 heterocycles. The molecule has 1 N–H and O–H groups in total. The van der Waals surface area contributed by atoms with E-state index in [1.54, 1.807) is 0 Å². The second-order valence-electron chi connectivity index (χ2n) is 4.71. The monoisotopic (exact) mass is 295 g/mol. The minimum Gasteiger partial charge on any atom is -0.382 e. The zero-order valence-corrected chi connectivity index (χ0v) is 10.5. The zero-order valence-electron chi connectivity index (χ0n) is 10.5. The average molecular weight is 295 g/mol. The Morgan fingerprint density at radius 1 is 1.15 bits per heavy atom. The van der Waals surface area contributed by atoms with Gasteiger partial charge in [0.15, 0.2) is 0 Å². The number of nitrogens with one attached hydrogen (secondary N) is 1. The lowest BCUT2D eigenvalue weighted by Gasteiger charge is -2.23. The summed E-state index contributed by atoms with van der Waals surface area (Å²) in [4.78, 5) is 0. The van der Waals surface area contributed by atoms with Crippen LogP contribution in [0.3, 0.4) is 0 Å². The van der Waals surface area contributed by atoms with Crippen molar-refractivity contribution in [1.82, 2.24) is 0 Å². The number of anilines is 1. The van der Waals surface area contributed by atoms with E-state index in [0.29, 0.717) is 12.8 Å². The molecule has 1 aliphatic rings. The van der Waals surface area contributed by atoms with E-state index in [-0.39, 0.29) is 6.54 Å². The molecule has 1 aromatic rings. The Kier molecular flexibility index (Phi) is 4.17. The Balaban J connectivity index is 1.91. The highest BCUT2D eigenvalue weighted by Gasteiger charge is 2.57. The standard InChI is InChI=1S/C13H14F5NO/c14-12(15,13(16,17)18)8-20-10-6-5-9-3-1-2-4-11(9)19-7-10/h1-4,10,19H,5-8H2. The lowest BCUT2D eigenvalue weighted by Crippen LogP contribution is -2.42. The molecule has 7 heteroatoms. The van der Waals surface area contributed by atoms with Crippen LogP contribution in [0, 0.1) is 0 Å². The van der Waals surface area contributed by atoms with E-state index in [2.05, 4.69) is 5.32 Å². The number of para-hydroxylation sites is 1. The van der Waals surface area contributed by atoms with Crippen molar-refractivity contribution in [2.75, 3.05) is 18.5 Å². The van der Waals surface area contributed by atoms with Crippen LogP contribution in [0.15, 0.2) is 24.3 Å². The molecule has 20 heavy (non-hydrogen) atoms. The van der Waals surface area contributed by atoms with Crippen LogP contribution in [-0.4, -0.2) is 31.4 Å². The topological polar surface area (TPSA) is 21.3 Å². The van der Waals surface area contributed by atoms with Gasteiger partial charge < -0.3 is 10.1 Å². The van der Waals surface area contributed by atoms with Crippen molar-refractivity contribution in [3.8, 4) is 0 Å². The SMILES string of the molecule is FC(F)(F)C(F)(F)COC1CCc2ccccc2NC1. The summed E-state index contributed by atoms with van der Waals surface area (Å²) in [5.41, 5.74) is 1.86. The Morgan fingerprint density at radius 3 is 2.55 bits per heavy atom. The molecule has 0 aliphatic carbocycles. The molecule has 1 aromatic carbocycles. The van der Waals surface area contributed by atoms with E-state index in [4.69, 9.17) is 4.74 Å². The van der Waals surface area contributed by atoms with Crippen LogP contribution in [0.5, 0.6) is 0 Å². The van der Waals surface area contributed by atoms with E-state index in [9.17, 15) is 22.0 Å². The highest BCUT2D eigenvalue weighted by atomic mass is 19.4. The first-order chi connectivity index (χ1) is 9.29. The predicted molar refractivity (Wildman–Crippen MR) is 64.0 cm³/mol. The number of benzene rings is 1. The number of ether oxygens (including phenoxy) is 1. The molecule has 1 unspecified atom stereocenters. The van der Waals surface area contributed by atoms with Gasteiger partial charge in [-0.2, -0.15) is 22.0 Å². The molecule has 0 saturated heterocycles. The van der Waals surface area contributed by atoms with Crippen LogP contribution in [0.4, 0.5) is 27.6 Å². The lowest BCUT2D eigenvalue weighted by molar-refractivity contribution is -0.299. The summed E-state index contributed by atoms with van der Waals surface area (Å²) < 4.78 is 66.4. The van der Waals surface area contributed by atoms with Gasteiger partial charge in [-0.3, -0.25) is 0 Å². The number of halogens is 5. The molecule has 0 bridgehead atoms. The second-order valence-corrected chi connectivity index (χ2v) is 4.71. The van der Waals surface area contributed by atoms with Gasteiger partial charge >= 0.3 is 12.1 Å². The van der Waals surface area contributed by atoms with Gasteiger partial charge in [-0.1, -0.05) is 18.2 Å². The molecular weight excluding hydrogens is 281 g/mol. The van der Waals surface area contributed by atoms with Crippen molar-refractivity contribution in [2.24, 2.45) is 0 Å². The van der Waals surface area contributed by atoms with E-state index in [1.165, 1.54) is 0 Å². The number of hydrogen-bond donors (Lipinski definition) is 1. The van der Waals surface area contributed by atoms with E-state index in [0.717, 1.165) is 11.3 Å². The molecule has 0 amide bonds. The van der Waals surface area contributed by atoms with E-state index < -0.39 is 24.8 Å². The van der Waals surface area contributed by atoms with Gasteiger partial charge in [0.2, 0.25) is 0 Å². The molecule has 0 saturated carbocycles. The number of hydrogen-bond acceptors (Lipinski definition) is 2. The third-order valence-electron chi connectivity index (χ3n) is 3.19. The first-order valence-corrected chi connectivity index (χ1v) is 6.17. The summed E-state index contributed by atoms with van der Waals surface area (Å²) in [6.45, 7) is -1.43. The Hall–Kier alpha value is -1.37. The molecular formula is C13H14F5NO. The van der Waals surface area contributed by atoms with Crippen LogP contribution < -0.4 is 5.32 Å². The van der Waals surface area contributed by atoms with Crippen LogP contribution in [0.25, 0.3) is 0 Å². The van der Waals surface area contributed by atoms with Gasteiger partial charge in [0.25, 0.3) is 0 Å². The fourth-order valence-corrected chi connectivity index (χ4v) is 2.00. The van der Waals surface area contributed by atoms with Gasteiger partial charge in [0.1, 0.15) is 6.61 Å². The molecule has 2 nitrogen and oxygen atoms in total. The smallest absolute Gasteiger partial charge is 0.382 e. The van der Waals surface area contributed by atoms with Gasteiger partial charge in [0, 0.05) is 12.2 Å².